The lowest BCUT2D eigenvalue weighted by atomic mass is 9.89. The number of rotatable bonds is 27. The van der Waals surface area contributed by atoms with Crippen LogP contribution in [0.5, 0.6) is 0 Å². The third-order valence-electron chi connectivity index (χ3n) is 13.3. The minimum atomic E-state index is -1.16. The topological polar surface area (TPSA) is 212 Å². The summed E-state index contributed by atoms with van der Waals surface area (Å²) in [4.78, 5) is 112. The van der Waals surface area contributed by atoms with Crippen LogP contribution in [-0.4, -0.2) is 156 Å². The maximum Gasteiger partial charge on any atom is 0.326 e. The van der Waals surface area contributed by atoms with E-state index in [2.05, 4.69) is 10.6 Å². The van der Waals surface area contributed by atoms with Crippen LogP contribution in [-0.2, 0) is 54.3 Å². The van der Waals surface area contributed by atoms with E-state index in [1.165, 1.54) is 36.2 Å². The fraction of sp³-hybridized carbons (Fsp3) is 0.673. The molecule has 1 aromatic carbocycles. The van der Waals surface area contributed by atoms with E-state index in [4.69, 9.17) is 9.47 Å². The van der Waals surface area contributed by atoms with E-state index in [1.54, 1.807) is 55.1 Å². The number of benzene rings is 1. The van der Waals surface area contributed by atoms with Gasteiger partial charge < -0.3 is 39.9 Å². The third-order valence-corrected chi connectivity index (χ3v) is 13.3. The Morgan fingerprint density at radius 3 is 2.02 bits per heavy atom. The van der Waals surface area contributed by atoms with Gasteiger partial charge in [-0.3, -0.25) is 38.5 Å². The number of methoxy groups -OCH3 is 2. The summed E-state index contributed by atoms with van der Waals surface area (Å²) in [5, 5.41) is 15.6. The maximum atomic E-state index is 14.6. The van der Waals surface area contributed by atoms with Crippen molar-refractivity contribution in [3.05, 3.63) is 48.0 Å². The van der Waals surface area contributed by atoms with Gasteiger partial charge in [0.05, 0.1) is 36.6 Å². The summed E-state index contributed by atoms with van der Waals surface area (Å²) in [5.74, 6) is -5.24. The van der Waals surface area contributed by atoms with Crippen LogP contribution < -0.4 is 10.6 Å². The van der Waals surface area contributed by atoms with Gasteiger partial charge in [-0.05, 0) is 49.0 Å². The molecule has 2 heterocycles. The first kappa shape index (κ1) is 55.2. The number of hydrogen-bond acceptors (Lipinski definition) is 10. The van der Waals surface area contributed by atoms with Crippen molar-refractivity contribution in [2.24, 2.45) is 23.7 Å². The standard InChI is InChI=1S/C49H76N6O11/c1-12-32(6)44(37(65-10)29-41(59)54-27-19-22-36(54)45(66-11)33(7)46(60)50-35(49(63)64)28-34-20-15-13-16-21-34)53(9)48(62)42(30(2)3)51-47(61)43(31(4)5)52(8)38(56)23-17-14-18-26-55-39(57)24-25-40(55)58/h13,15-16,20-21,24-25,30-33,35-37,42-45H,12,14,17-19,22-23,26-29H2,1-11H3,(H,50,60)(H,51,61)(H,63,64)/t32-,33-,35-,36-,37-,42-,43-,44-,45?/m0/s1. The van der Waals surface area contributed by atoms with Gasteiger partial charge in [0.1, 0.15) is 18.1 Å². The fourth-order valence-electron chi connectivity index (χ4n) is 9.26. The molecule has 0 saturated carbocycles. The van der Waals surface area contributed by atoms with Crippen LogP contribution >= 0.6 is 0 Å². The molecule has 17 nitrogen and oxygen atoms in total. The Labute approximate surface area is 391 Å². The van der Waals surface area contributed by atoms with Crippen LogP contribution in [0, 0.1) is 23.7 Å². The van der Waals surface area contributed by atoms with E-state index in [9.17, 15) is 43.5 Å². The Hall–Kier alpha value is -5.16. The number of aliphatic carboxylic acids is 1. The SMILES string of the molecule is CC[C@H](C)[C@@H]([C@H](CC(=O)N1CCC[C@H]1C(OC)[C@H](C)C(=O)N[C@@H](Cc1ccccc1)C(=O)O)OC)N(C)C(=O)[C@@H](NC(=O)[C@H](C(C)C)N(C)C(=O)CCCCCN1C(=O)C=CC1=O)C(C)C. The lowest BCUT2D eigenvalue weighted by Crippen LogP contribution is -2.60. The molecule has 0 spiro atoms. The van der Waals surface area contributed by atoms with E-state index in [0.717, 1.165) is 5.56 Å². The number of amides is 7. The summed E-state index contributed by atoms with van der Waals surface area (Å²) < 4.78 is 11.9. The average molecular weight is 925 g/mol. The lowest BCUT2D eigenvalue weighted by molar-refractivity contribution is -0.149. The number of likely N-dealkylation sites (tertiary alicyclic amines) is 1. The highest BCUT2D eigenvalue weighted by molar-refractivity contribution is 6.12. The van der Waals surface area contributed by atoms with Crippen molar-refractivity contribution in [1.29, 1.82) is 0 Å². The first-order chi connectivity index (χ1) is 31.2. The molecule has 9 atom stereocenters. The molecular weight excluding hydrogens is 849 g/mol. The summed E-state index contributed by atoms with van der Waals surface area (Å²) in [7, 11) is 6.21. The molecule has 0 radical (unpaired) electrons. The monoisotopic (exact) mass is 925 g/mol. The van der Waals surface area contributed by atoms with Crippen molar-refractivity contribution in [2.75, 3.05) is 41.4 Å². The van der Waals surface area contributed by atoms with E-state index in [0.29, 0.717) is 45.1 Å². The smallest absolute Gasteiger partial charge is 0.326 e. The predicted octanol–water partition coefficient (Wildman–Crippen LogP) is 3.83. The van der Waals surface area contributed by atoms with Crippen LogP contribution in [0.15, 0.2) is 42.5 Å². The molecule has 0 aromatic heterocycles. The Balaban J connectivity index is 1.71. The summed E-state index contributed by atoms with van der Waals surface area (Å²) in [6.45, 7) is 13.6. The van der Waals surface area contributed by atoms with Crippen molar-refractivity contribution >= 4 is 47.3 Å². The van der Waals surface area contributed by atoms with Gasteiger partial charge in [0.2, 0.25) is 29.5 Å². The van der Waals surface area contributed by atoms with Crippen LogP contribution in [0.4, 0.5) is 0 Å². The molecule has 1 fully saturated rings. The number of nitrogens with zero attached hydrogens (tertiary/aromatic N) is 4. The zero-order valence-corrected chi connectivity index (χ0v) is 41.0. The van der Waals surface area contributed by atoms with Gasteiger partial charge in [-0.15, -0.1) is 0 Å². The van der Waals surface area contributed by atoms with Gasteiger partial charge in [-0.1, -0.05) is 91.6 Å². The zero-order valence-electron chi connectivity index (χ0n) is 41.0. The normalized spacial score (nSPS) is 18.7. The van der Waals surface area contributed by atoms with Crippen molar-refractivity contribution in [2.45, 2.75) is 149 Å². The molecule has 368 valence electrons. The molecule has 66 heavy (non-hydrogen) atoms. The maximum absolute atomic E-state index is 14.6. The van der Waals surface area contributed by atoms with Gasteiger partial charge in [0.15, 0.2) is 0 Å². The van der Waals surface area contributed by atoms with Gasteiger partial charge >= 0.3 is 5.97 Å². The largest absolute Gasteiger partial charge is 0.480 e. The lowest BCUT2D eigenvalue weighted by Gasteiger charge is -2.41. The molecule has 3 rings (SSSR count). The first-order valence-corrected chi connectivity index (χ1v) is 23.5. The summed E-state index contributed by atoms with van der Waals surface area (Å²) >= 11 is 0. The molecular formula is C49H76N6O11. The number of likely N-dealkylation sites (N-methyl/N-ethyl adjacent to an activating group) is 2. The van der Waals surface area contributed by atoms with E-state index >= 15 is 0 Å². The minimum absolute atomic E-state index is 0.0818. The number of nitrogens with one attached hydrogen (secondary N) is 2. The average Bonchev–Trinajstić information content (AvgIpc) is 3.89. The second-order valence-electron chi connectivity index (χ2n) is 18.6. The van der Waals surface area contributed by atoms with Gasteiger partial charge in [0, 0.05) is 66.4 Å². The quantitative estimate of drug-likeness (QED) is 0.0853. The fourth-order valence-corrected chi connectivity index (χ4v) is 9.26. The Kier molecular flexibility index (Phi) is 21.9. The molecule has 0 bridgehead atoms. The number of carbonyl (C=O) groups is 8. The predicted molar refractivity (Wildman–Crippen MR) is 248 cm³/mol. The van der Waals surface area contributed by atoms with Crippen LogP contribution in [0.2, 0.25) is 0 Å². The zero-order chi connectivity index (χ0) is 49.4. The molecule has 2 aliphatic heterocycles. The third kappa shape index (κ3) is 14.7. The van der Waals surface area contributed by atoms with Crippen LogP contribution in [0.25, 0.3) is 0 Å². The number of carboxylic acids is 1. The minimum Gasteiger partial charge on any atom is -0.480 e. The van der Waals surface area contributed by atoms with Crippen molar-refractivity contribution in [3.8, 4) is 0 Å². The summed E-state index contributed by atoms with van der Waals surface area (Å²) in [5.41, 5.74) is 0.762. The van der Waals surface area contributed by atoms with Gasteiger partial charge in [-0.2, -0.15) is 0 Å². The summed E-state index contributed by atoms with van der Waals surface area (Å²) in [6.07, 6.45) is 4.72. The van der Waals surface area contributed by atoms with Crippen LogP contribution in [0.3, 0.4) is 0 Å². The molecule has 17 heteroatoms. The molecule has 3 N–H and O–H groups in total. The van der Waals surface area contributed by atoms with Crippen molar-refractivity contribution < 1.29 is 52.9 Å². The van der Waals surface area contributed by atoms with Crippen molar-refractivity contribution in [3.63, 3.8) is 0 Å². The molecule has 1 aromatic rings. The van der Waals surface area contributed by atoms with E-state index in [1.807, 2.05) is 47.6 Å². The van der Waals surface area contributed by atoms with E-state index in [-0.39, 0.29) is 73.1 Å². The van der Waals surface area contributed by atoms with Gasteiger partial charge in [-0.25, -0.2) is 4.79 Å². The Morgan fingerprint density at radius 2 is 1.47 bits per heavy atom. The summed E-state index contributed by atoms with van der Waals surface area (Å²) in [6, 6.07) is 4.97. The number of unbranched alkanes of at least 4 members (excludes halogenated alkanes) is 2. The Bertz CT molecular complexity index is 1840. The molecule has 7 amide bonds. The highest BCUT2D eigenvalue weighted by Crippen LogP contribution is 2.30. The molecule has 1 saturated heterocycles. The first-order valence-electron chi connectivity index (χ1n) is 23.5. The number of ether oxygens (including phenoxy) is 2. The van der Waals surface area contributed by atoms with Crippen LogP contribution in [0.1, 0.15) is 105 Å². The van der Waals surface area contributed by atoms with Crippen molar-refractivity contribution in [1.82, 2.24) is 30.2 Å². The number of imide groups is 1. The molecule has 0 aliphatic carbocycles. The second-order valence-corrected chi connectivity index (χ2v) is 18.6. The second kappa shape index (κ2) is 26.2. The Morgan fingerprint density at radius 1 is 0.833 bits per heavy atom. The highest BCUT2D eigenvalue weighted by atomic mass is 16.5. The molecule has 2 aliphatic rings. The van der Waals surface area contributed by atoms with E-state index < -0.39 is 66.1 Å². The highest BCUT2D eigenvalue weighted by Gasteiger charge is 2.44. The molecule has 1 unspecified atom stereocenters. The number of carboxylic acid groups (broad SMARTS) is 1. The van der Waals surface area contributed by atoms with Gasteiger partial charge in [0.25, 0.3) is 11.8 Å². The number of carbonyl (C=O) groups excluding carboxylic acids is 7. The number of hydrogen-bond donors (Lipinski definition) is 3.